The highest BCUT2D eigenvalue weighted by atomic mass is 16.6. The van der Waals surface area contributed by atoms with Gasteiger partial charge in [0.05, 0.1) is 12.6 Å². The molecule has 13 heteroatoms. The number of rotatable bonds is 10. The van der Waals surface area contributed by atoms with Crippen LogP contribution < -0.4 is 10.6 Å². The minimum atomic E-state index is -0.482. The fraction of sp³-hybridized carbons (Fsp3) is 0.241. The largest absolute Gasteiger partial charge is 0.369 e. The predicted octanol–water partition coefficient (Wildman–Crippen LogP) is 2.70. The van der Waals surface area contributed by atoms with Crippen LogP contribution >= 0.6 is 0 Å². The van der Waals surface area contributed by atoms with Gasteiger partial charge in [-0.2, -0.15) is 14.6 Å². The summed E-state index contributed by atoms with van der Waals surface area (Å²) in [6, 6.07) is 10.1. The molecule has 6 rings (SSSR count). The summed E-state index contributed by atoms with van der Waals surface area (Å²) in [5.74, 6) is -0.896. The van der Waals surface area contributed by atoms with Crippen molar-refractivity contribution >= 4 is 34.4 Å². The smallest absolute Gasteiger partial charge is 0.270 e. The van der Waals surface area contributed by atoms with E-state index in [4.69, 9.17) is 9.37 Å². The number of aromatic nitrogens is 6. The number of amides is 2. The molecule has 0 aliphatic heterocycles. The number of hydrogen-bond acceptors (Lipinski definition) is 10. The second-order valence-corrected chi connectivity index (χ2v) is 9.87. The summed E-state index contributed by atoms with van der Waals surface area (Å²) in [7, 11) is 0. The molecule has 2 amide bonds. The Kier molecular flexibility index (Phi) is 7.23. The minimum Gasteiger partial charge on any atom is -0.369 e. The van der Waals surface area contributed by atoms with Crippen LogP contribution in [0.3, 0.4) is 0 Å². The quantitative estimate of drug-likeness (QED) is 0.146. The average Bonchev–Trinajstić information content (AvgIpc) is 3.75. The molecule has 0 spiro atoms. The van der Waals surface area contributed by atoms with Crippen LogP contribution in [0.15, 0.2) is 60.0 Å². The van der Waals surface area contributed by atoms with Crippen LogP contribution in [0.4, 0.5) is 0 Å². The lowest BCUT2D eigenvalue weighted by atomic mass is 9.95. The number of carbonyl (C=O) groups is 3. The van der Waals surface area contributed by atoms with Gasteiger partial charge in [0.2, 0.25) is 0 Å². The van der Waals surface area contributed by atoms with E-state index in [0.29, 0.717) is 36.0 Å². The van der Waals surface area contributed by atoms with Crippen molar-refractivity contribution in [3.05, 3.63) is 94.6 Å². The van der Waals surface area contributed by atoms with Crippen molar-refractivity contribution in [2.75, 3.05) is 13.2 Å². The first-order valence-corrected chi connectivity index (χ1v) is 13.3. The molecule has 212 valence electrons. The molecule has 2 aromatic carbocycles. The lowest BCUT2D eigenvalue weighted by molar-refractivity contribution is 0.0805. The van der Waals surface area contributed by atoms with Gasteiger partial charge in [-0.15, -0.1) is 6.58 Å². The van der Waals surface area contributed by atoms with Crippen molar-refractivity contribution in [2.24, 2.45) is 0 Å². The van der Waals surface area contributed by atoms with Crippen LogP contribution in [0.25, 0.3) is 16.8 Å². The number of ether oxygens (including phenoxy) is 1. The number of carbonyl (C=O) groups excluding carboxylic acids is 3. The van der Waals surface area contributed by atoms with E-state index in [2.05, 4.69) is 42.6 Å². The number of nitrogens with zero attached hydrogens (tertiary/aromatic N) is 6. The van der Waals surface area contributed by atoms with Crippen molar-refractivity contribution in [1.82, 2.24) is 40.5 Å². The topological polar surface area (TPSA) is 166 Å². The fourth-order valence-corrected chi connectivity index (χ4v) is 5.18. The van der Waals surface area contributed by atoms with Crippen LogP contribution in [0, 0.1) is 6.92 Å². The monoisotopic (exact) mass is 566 g/mol. The van der Waals surface area contributed by atoms with Gasteiger partial charge in [-0.3, -0.25) is 14.4 Å². The summed E-state index contributed by atoms with van der Waals surface area (Å²) < 4.78 is 11.3. The maximum Gasteiger partial charge on any atom is 0.270 e. The first-order chi connectivity index (χ1) is 20.4. The summed E-state index contributed by atoms with van der Waals surface area (Å²) >= 11 is 0. The van der Waals surface area contributed by atoms with Crippen molar-refractivity contribution in [3.63, 3.8) is 0 Å². The fourth-order valence-electron chi connectivity index (χ4n) is 5.18. The van der Waals surface area contributed by atoms with Gasteiger partial charge in [-0.25, -0.2) is 9.61 Å². The molecule has 1 atom stereocenters. The molecule has 0 radical (unpaired) electrons. The summed E-state index contributed by atoms with van der Waals surface area (Å²) in [4.78, 5) is 47.6. The Balaban J connectivity index is 1.19. The highest BCUT2D eigenvalue weighted by Crippen LogP contribution is 2.35. The maximum absolute atomic E-state index is 13.5. The van der Waals surface area contributed by atoms with Gasteiger partial charge >= 0.3 is 0 Å². The predicted molar refractivity (Wildman–Crippen MR) is 149 cm³/mol. The Morgan fingerprint density at radius 1 is 1.14 bits per heavy atom. The van der Waals surface area contributed by atoms with Crippen LogP contribution in [0.2, 0.25) is 0 Å². The number of fused-ring (bicyclic) bond motifs is 3. The van der Waals surface area contributed by atoms with Crippen molar-refractivity contribution in [3.8, 4) is 0 Å². The molecule has 1 aliphatic carbocycles. The third kappa shape index (κ3) is 5.12. The van der Waals surface area contributed by atoms with E-state index < -0.39 is 11.8 Å². The molecule has 0 bridgehead atoms. The van der Waals surface area contributed by atoms with E-state index in [1.165, 1.54) is 16.9 Å². The number of hydrogen-bond donors (Lipinski definition) is 2. The zero-order chi connectivity index (χ0) is 29.2. The van der Waals surface area contributed by atoms with Crippen LogP contribution in [-0.2, 0) is 17.7 Å². The third-order valence-electron chi connectivity index (χ3n) is 7.26. The van der Waals surface area contributed by atoms with E-state index >= 15 is 0 Å². The van der Waals surface area contributed by atoms with Crippen LogP contribution in [-0.4, -0.2) is 60.7 Å². The summed E-state index contributed by atoms with van der Waals surface area (Å²) in [5.41, 5.74) is 5.60. The normalized spacial score (nSPS) is 14.2. The highest BCUT2D eigenvalue weighted by Gasteiger charge is 2.29. The molecule has 2 N–H and O–H groups in total. The van der Waals surface area contributed by atoms with Crippen LogP contribution in [0.1, 0.15) is 66.1 Å². The maximum atomic E-state index is 13.5. The third-order valence-corrected chi connectivity index (χ3v) is 7.26. The number of ketones is 1. The molecule has 0 saturated heterocycles. The first-order valence-electron chi connectivity index (χ1n) is 13.3. The number of nitrogens with one attached hydrogen (secondary N) is 2. The SMILES string of the molecule is C=CCOCC(=O)c1ccc2c(c1C)CC[C@@H]2NC(=O)c1cc(C(=O)NCc2ccc3nonc3c2)nc2ncnn12. The van der Waals surface area contributed by atoms with Crippen molar-refractivity contribution in [2.45, 2.75) is 32.4 Å². The zero-order valence-electron chi connectivity index (χ0n) is 22.7. The Morgan fingerprint density at radius 2 is 2.00 bits per heavy atom. The number of Topliss-reactive ketones (excluding diaryl/α,β-unsaturated/α-hetero) is 1. The number of benzene rings is 2. The van der Waals surface area contributed by atoms with Gasteiger partial charge in [0.1, 0.15) is 35.4 Å². The molecule has 3 heterocycles. The second kappa shape index (κ2) is 11.3. The molecular formula is C29H26N8O5. The standard InChI is InChI=1S/C29H26N8O5/c1-3-10-41-14-26(38)19-5-6-20-18(16(19)2)7-9-21(20)33-28(40)25-12-24(34-29-31-15-32-37(25)29)27(39)30-13-17-4-8-22-23(11-17)36-42-35-22/h3-6,8,11-12,15,21H,1,7,9-10,13-14H2,2H3,(H,30,39)(H,33,40)/t21-/m0/s1. The van der Waals surface area contributed by atoms with Gasteiger partial charge in [0, 0.05) is 18.2 Å². The van der Waals surface area contributed by atoms with E-state index in [9.17, 15) is 14.4 Å². The Bertz CT molecular complexity index is 1860. The van der Waals surface area contributed by atoms with Gasteiger partial charge < -0.3 is 15.4 Å². The molecule has 0 fully saturated rings. The van der Waals surface area contributed by atoms with Crippen LogP contribution in [0.5, 0.6) is 0 Å². The molecule has 13 nitrogen and oxygen atoms in total. The van der Waals surface area contributed by atoms with Gasteiger partial charge in [-0.1, -0.05) is 24.3 Å². The Labute approximate surface area is 238 Å². The minimum absolute atomic E-state index is 0.0218. The second-order valence-electron chi connectivity index (χ2n) is 9.87. The summed E-state index contributed by atoms with van der Waals surface area (Å²) in [6.07, 6.45) is 4.24. The molecule has 0 unspecified atom stereocenters. The van der Waals surface area contributed by atoms with Gasteiger partial charge in [0.15, 0.2) is 5.78 Å². The molecule has 3 aromatic heterocycles. The average molecular weight is 567 g/mol. The summed E-state index contributed by atoms with van der Waals surface area (Å²) in [5, 5.41) is 17.6. The lowest BCUT2D eigenvalue weighted by Gasteiger charge is -2.16. The summed E-state index contributed by atoms with van der Waals surface area (Å²) in [6.45, 7) is 5.99. The Hall–Kier alpha value is -5.30. The molecular weight excluding hydrogens is 540 g/mol. The zero-order valence-corrected chi connectivity index (χ0v) is 22.7. The molecule has 42 heavy (non-hydrogen) atoms. The first kappa shape index (κ1) is 26.9. The molecule has 0 saturated carbocycles. The molecule has 1 aliphatic rings. The van der Waals surface area contributed by atoms with E-state index in [0.717, 1.165) is 22.3 Å². The molecule has 5 aromatic rings. The van der Waals surface area contributed by atoms with Gasteiger partial charge in [-0.05, 0) is 64.5 Å². The Morgan fingerprint density at radius 3 is 2.86 bits per heavy atom. The highest BCUT2D eigenvalue weighted by molar-refractivity contribution is 5.99. The van der Waals surface area contributed by atoms with Crippen molar-refractivity contribution < 1.29 is 23.7 Å². The lowest BCUT2D eigenvalue weighted by Crippen LogP contribution is -2.30. The van der Waals surface area contributed by atoms with Crippen molar-refractivity contribution in [1.29, 1.82) is 0 Å². The van der Waals surface area contributed by atoms with E-state index in [1.54, 1.807) is 30.3 Å². The van der Waals surface area contributed by atoms with E-state index in [1.807, 2.05) is 13.0 Å². The van der Waals surface area contributed by atoms with E-state index in [-0.39, 0.29) is 42.1 Å². The van der Waals surface area contributed by atoms with Gasteiger partial charge in [0.25, 0.3) is 17.6 Å².